The SMILES string of the molecule is NCc1noc(C2CCC2)n1. The van der Waals surface area contributed by atoms with Gasteiger partial charge >= 0.3 is 0 Å². The maximum atomic E-state index is 5.34. The highest BCUT2D eigenvalue weighted by Gasteiger charge is 2.24. The van der Waals surface area contributed by atoms with Gasteiger partial charge in [0, 0.05) is 5.92 Å². The van der Waals surface area contributed by atoms with Gasteiger partial charge in [0.2, 0.25) is 5.89 Å². The second kappa shape index (κ2) is 2.62. The van der Waals surface area contributed by atoms with E-state index in [1.165, 1.54) is 19.3 Å². The second-order valence-electron chi connectivity index (χ2n) is 2.88. The molecule has 0 aliphatic heterocycles. The number of nitrogens with two attached hydrogens (primary N) is 1. The standard InChI is InChI=1S/C7H11N3O/c8-4-6-9-7(11-10-6)5-2-1-3-5/h5H,1-4,8H2. The zero-order valence-corrected chi connectivity index (χ0v) is 6.29. The number of rotatable bonds is 2. The molecular weight excluding hydrogens is 142 g/mol. The number of nitrogens with zero attached hydrogens (tertiary/aromatic N) is 2. The van der Waals surface area contributed by atoms with Gasteiger partial charge in [0.1, 0.15) is 0 Å². The Balaban J connectivity index is 2.11. The predicted molar refractivity (Wildman–Crippen MR) is 38.8 cm³/mol. The van der Waals surface area contributed by atoms with Crippen molar-refractivity contribution in [2.24, 2.45) is 5.73 Å². The Kier molecular flexibility index (Phi) is 1.62. The Hall–Kier alpha value is -0.900. The molecule has 4 nitrogen and oxygen atoms in total. The molecule has 1 aliphatic rings. The molecule has 2 N–H and O–H groups in total. The highest BCUT2D eigenvalue weighted by Crippen LogP contribution is 2.34. The van der Waals surface area contributed by atoms with Gasteiger partial charge in [-0.2, -0.15) is 4.98 Å². The zero-order valence-electron chi connectivity index (χ0n) is 6.29. The summed E-state index contributed by atoms with van der Waals surface area (Å²) in [4.78, 5) is 4.15. The molecule has 0 saturated heterocycles. The predicted octanol–water partition coefficient (Wildman–Crippen LogP) is 0.796. The van der Waals surface area contributed by atoms with Crippen LogP contribution in [0.4, 0.5) is 0 Å². The van der Waals surface area contributed by atoms with Gasteiger partial charge in [-0.25, -0.2) is 0 Å². The summed E-state index contributed by atoms with van der Waals surface area (Å²) in [6.45, 7) is 0.371. The van der Waals surface area contributed by atoms with Crippen molar-refractivity contribution in [3.8, 4) is 0 Å². The van der Waals surface area contributed by atoms with Crippen LogP contribution in [0.15, 0.2) is 4.52 Å². The summed E-state index contributed by atoms with van der Waals surface area (Å²) in [5.74, 6) is 1.91. The van der Waals surface area contributed by atoms with Crippen LogP contribution in [-0.4, -0.2) is 10.1 Å². The van der Waals surface area contributed by atoms with Gasteiger partial charge in [-0.05, 0) is 12.8 Å². The van der Waals surface area contributed by atoms with E-state index in [9.17, 15) is 0 Å². The van der Waals surface area contributed by atoms with E-state index in [1.54, 1.807) is 0 Å². The van der Waals surface area contributed by atoms with Crippen LogP contribution in [0.25, 0.3) is 0 Å². The van der Waals surface area contributed by atoms with E-state index in [2.05, 4.69) is 10.1 Å². The van der Waals surface area contributed by atoms with Gasteiger partial charge in [-0.3, -0.25) is 0 Å². The molecule has 1 aromatic rings. The van der Waals surface area contributed by atoms with Gasteiger partial charge in [0.15, 0.2) is 5.82 Å². The molecule has 11 heavy (non-hydrogen) atoms. The Bertz CT molecular complexity index is 242. The summed E-state index contributed by atoms with van der Waals surface area (Å²) in [7, 11) is 0. The van der Waals surface area contributed by atoms with Crippen LogP contribution in [0, 0.1) is 0 Å². The number of hydrogen-bond acceptors (Lipinski definition) is 4. The first-order valence-electron chi connectivity index (χ1n) is 3.92. The Labute approximate surface area is 64.8 Å². The molecular formula is C7H11N3O. The van der Waals surface area contributed by atoms with Crippen LogP contribution in [0.2, 0.25) is 0 Å². The Morgan fingerprint density at radius 1 is 1.55 bits per heavy atom. The van der Waals surface area contributed by atoms with Crippen LogP contribution >= 0.6 is 0 Å². The molecule has 1 fully saturated rings. The van der Waals surface area contributed by atoms with E-state index >= 15 is 0 Å². The fourth-order valence-electron chi connectivity index (χ4n) is 1.17. The van der Waals surface area contributed by atoms with Crippen LogP contribution < -0.4 is 5.73 Å². The topological polar surface area (TPSA) is 64.9 Å². The van der Waals surface area contributed by atoms with Crippen LogP contribution in [0.5, 0.6) is 0 Å². The maximum Gasteiger partial charge on any atom is 0.229 e. The molecule has 0 aromatic carbocycles. The van der Waals surface area contributed by atoms with Crippen molar-refractivity contribution >= 4 is 0 Å². The van der Waals surface area contributed by atoms with Crippen molar-refractivity contribution < 1.29 is 4.52 Å². The molecule has 0 bridgehead atoms. The maximum absolute atomic E-state index is 5.34. The molecule has 0 atom stereocenters. The van der Waals surface area contributed by atoms with E-state index in [0.29, 0.717) is 18.3 Å². The largest absolute Gasteiger partial charge is 0.339 e. The molecule has 0 amide bonds. The zero-order chi connectivity index (χ0) is 7.68. The van der Waals surface area contributed by atoms with Crippen molar-refractivity contribution in [3.63, 3.8) is 0 Å². The first kappa shape index (κ1) is 6.79. The first-order chi connectivity index (χ1) is 5.40. The molecule has 60 valence electrons. The minimum atomic E-state index is 0.371. The molecule has 0 radical (unpaired) electrons. The van der Waals surface area contributed by atoms with E-state index in [4.69, 9.17) is 10.3 Å². The highest BCUT2D eigenvalue weighted by atomic mass is 16.5. The van der Waals surface area contributed by atoms with Gasteiger partial charge in [-0.1, -0.05) is 11.6 Å². The van der Waals surface area contributed by atoms with E-state index in [-0.39, 0.29) is 0 Å². The number of aromatic nitrogens is 2. The summed E-state index contributed by atoms with van der Waals surface area (Å²) in [6, 6.07) is 0. The monoisotopic (exact) mass is 153 g/mol. The minimum Gasteiger partial charge on any atom is -0.339 e. The van der Waals surface area contributed by atoms with Crippen molar-refractivity contribution in [3.05, 3.63) is 11.7 Å². The van der Waals surface area contributed by atoms with Crippen molar-refractivity contribution in [2.75, 3.05) is 0 Å². The quantitative estimate of drug-likeness (QED) is 0.682. The third-order valence-electron chi connectivity index (χ3n) is 2.12. The lowest BCUT2D eigenvalue weighted by molar-refractivity contribution is 0.291. The Morgan fingerprint density at radius 2 is 2.36 bits per heavy atom. The minimum absolute atomic E-state index is 0.371. The van der Waals surface area contributed by atoms with Crippen molar-refractivity contribution in [1.29, 1.82) is 0 Å². The average molecular weight is 153 g/mol. The lowest BCUT2D eigenvalue weighted by atomic mass is 9.85. The number of hydrogen-bond donors (Lipinski definition) is 1. The molecule has 1 heterocycles. The Morgan fingerprint density at radius 3 is 2.82 bits per heavy atom. The lowest BCUT2D eigenvalue weighted by Crippen LogP contribution is -2.09. The highest BCUT2D eigenvalue weighted by molar-refractivity contribution is 4.97. The fraction of sp³-hybridized carbons (Fsp3) is 0.714. The van der Waals surface area contributed by atoms with Gasteiger partial charge in [-0.15, -0.1) is 0 Å². The summed E-state index contributed by atoms with van der Waals surface area (Å²) in [5.41, 5.74) is 5.34. The smallest absolute Gasteiger partial charge is 0.229 e. The third-order valence-corrected chi connectivity index (χ3v) is 2.12. The van der Waals surface area contributed by atoms with Crippen molar-refractivity contribution in [2.45, 2.75) is 31.7 Å². The van der Waals surface area contributed by atoms with E-state index in [1.807, 2.05) is 0 Å². The fourth-order valence-corrected chi connectivity index (χ4v) is 1.17. The van der Waals surface area contributed by atoms with E-state index < -0.39 is 0 Å². The molecule has 2 rings (SSSR count). The molecule has 4 heteroatoms. The van der Waals surface area contributed by atoms with Crippen LogP contribution in [-0.2, 0) is 6.54 Å². The molecule has 1 aliphatic carbocycles. The van der Waals surface area contributed by atoms with Gasteiger partial charge in [0.05, 0.1) is 6.54 Å². The summed E-state index contributed by atoms with van der Waals surface area (Å²) >= 11 is 0. The van der Waals surface area contributed by atoms with E-state index in [0.717, 1.165) is 5.89 Å². The summed E-state index contributed by atoms with van der Waals surface area (Å²) in [6.07, 6.45) is 3.66. The third kappa shape index (κ3) is 1.14. The molecule has 1 saturated carbocycles. The second-order valence-corrected chi connectivity index (χ2v) is 2.88. The summed E-state index contributed by atoms with van der Waals surface area (Å²) < 4.78 is 5.02. The molecule has 1 aromatic heterocycles. The van der Waals surface area contributed by atoms with Gasteiger partial charge < -0.3 is 10.3 Å². The average Bonchev–Trinajstić information content (AvgIpc) is 2.32. The molecule has 0 unspecified atom stereocenters. The van der Waals surface area contributed by atoms with Crippen LogP contribution in [0.1, 0.15) is 36.9 Å². The lowest BCUT2D eigenvalue weighted by Gasteiger charge is -2.20. The first-order valence-corrected chi connectivity index (χ1v) is 3.92. The molecule has 0 spiro atoms. The normalized spacial score (nSPS) is 18.3. The van der Waals surface area contributed by atoms with Crippen LogP contribution in [0.3, 0.4) is 0 Å². The van der Waals surface area contributed by atoms with Crippen molar-refractivity contribution in [1.82, 2.24) is 10.1 Å². The van der Waals surface area contributed by atoms with Gasteiger partial charge in [0.25, 0.3) is 0 Å². The summed E-state index contributed by atoms with van der Waals surface area (Å²) in [5, 5.41) is 3.73.